The lowest BCUT2D eigenvalue weighted by atomic mass is 10.2. The summed E-state index contributed by atoms with van der Waals surface area (Å²) in [4.78, 5) is 4.90. The maximum Gasteiger partial charge on any atom is 0.170 e. The molecule has 0 spiro atoms. The standard InChI is InChI=1S/C25H24ClN3O3S/c1-30-18-9-6-7-16(11-18)15-33-25-28-21-13-23(32-3)22(31-2)12-19(21)24(27)29(25)14-17-8-4-5-10-20(17)26/h4-13,27H,14-15H2,1-3H3. The van der Waals surface area contributed by atoms with Crippen LogP contribution in [0.1, 0.15) is 11.1 Å². The molecule has 0 atom stereocenters. The summed E-state index contributed by atoms with van der Waals surface area (Å²) in [6, 6.07) is 19.2. The van der Waals surface area contributed by atoms with Crippen molar-refractivity contribution in [3.05, 3.63) is 82.3 Å². The van der Waals surface area contributed by atoms with Crippen LogP contribution in [-0.2, 0) is 12.3 Å². The van der Waals surface area contributed by atoms with Crippen LogP contribution in [0.15, 0.2) is 65.8 Å². The number of hydrogen-bond acceptors (Lipinski definition) is 6. The van der Waals surface area contributed by atoms with Crippen molar-refractivity contribution < 1.29 is 14.2 Å². The van der Waals surface area contributed by atoms with Crippen molar-refractivity contribution in [2.45, 2.75) is 17.5 Å². The first-order chi connectivity index (χ1) is 16.0. The van der Waals surface area contributed by atoms with Gasteiger partial charge in [-0.25, -0.2) is 4.98 Å². The average molecular weight is 482 g/mol. The Kier molecular flexibility index (Phi) is 7.11. The number of nitrogens with zero attached hydrogens (tertiary/aromatic N) is 2. The first-order valence-corrected chi connectivity index (χ1v) is 11.6. The van der Waals surface area contributed by atoms with Gasteiger partial charge < -0.3 is 18.8 Å². The zero-order chi connectivity index (χ0) is 23.4. The highest BCUT2D eigenvalue weighted by atomic mass is 35.5. The van der Waals surface area contributed by atoms with E-state index >= 15 is 0 Å². The van der Waals surface area contributed by atoms with E-state index in [1.54, 1.807) is 39.2 Å². The van der Waals surface area contributed by atoms with Crippen LogP contribution in [0, 0.1) is 5.41 Å². The van der Waals surface area contributed by atoms with Crippen LogP contribution in [0.3, 0.4) is 0 Å². The molecular formula is C25H24ClN3O3S. The molecule has 0 saturated carbocycles. The van der Waals surface area contributed by atoms with E-state index in [0.29, 0.717) is 50.4 Å². The third-order valence-electron chi connectivity index (χ3n) is 5.26. The zero-order valence-corrected chi connectivity index (χ0v) is 20.2. The zero-order valence-electron chi connectivity index (χ0n) is 18.6. The lowest BCUT2D eigenvalue weighted by molar-refractivity contribution is 0.355. The fraction of sp³-hybridized carbons (Fsp3) is 0.200. The number of methoxy groups -OCH3 is 3. The molecule has 3 aromatic carbocycles. The van der Waals surface area contributed by atoms with E-state index in [9.17, 15) is 0 Å². The number of aromatic nitrogens is 2. The van der Waals surface area contributed by atoms with E-state index in [4.69, 9.17) is 36.2 Å². The third kappa shape index (κ3) is 4.94. The minimum absolute atomic E-state index is 0.328. The van der Waals surface area contributed by atoms with Gasteiger partial charge in [-0.05, 0) is 35.4 Å². The third-order valence-corrected chi connectivity index (χ3v) is 6.68. The van der Waals surface area contributed by atoms with Crippen molar-refractivity contribution >= 4 is 34.3 Å². The first kappa shape index (κ1) is 23.0. The van der Waals surface area contributed by atoms with Gasteiger partial charge in [0.15, 0.2) is 16.7 Å². The van der Waals surface area contributed by atoms with Crippen molar-refractivity contribution in [2.75, 3.05) is 21.3 Å². The molecule has 0 aliphatic rings. The molecule has 0 amide bonds. The van der Waals surface area contributed by atoms with Crippen LogP contribution in [0.4, 0.5) is 0 Å². The van der Waals surface area contributed by atoms with E-state index in [-0.39, 0.29) is 0 Å². The number of fused-ring (bicyclic) bond motifs is 1. The van der Waals surface area contributed by atoms with Gasteiger partial charge in [0, 0.05) is 22.2 Å². The summed E-state index contributed by atoms with van der Waals surface area (Å²) in [6.07, 6.45) is 0. The normalized spacial score (nSPS) is 10.9. The van der Waals surface area contributed by atoms with Gasteiger partial charge in [0.1, 0.15) is 11.2 Å². The Morgan fingerprint density at radius 2 is 1.70 bits per heavy atom. The van der Waals surface area contributed by atoms with Gasteiger partial charge in [-0.2, -0.15) is 0 Å². The fourth-order valence-corrected chi connectivity index (χ4v) is 4.66. The van der Waals surface area contributed by atoms with Crippen molar-refractivity contribution in [3.63, 3.8) is 0 Å². The van der Waals surface area contributed by atoms with Gasteiger partial charge in [0.2, 0.25) is 0 Å². The predicted octanol–water partition coefficient (Wildman–Crippen LogP) is 5.54. The molecule has 1 heterocycles. The van der Waals surface area contributed by atoms with Gasteiger partial charge in [-0.1, -0.05) is 53.7 Å². The topological polar surface area (TPSA) is 69.4 Å². The highest BCUT2D eigenvalue weighted by molar-refractivity contribution is 7.98. The molecule has 0 aliphatic carbocycles. The Hall–Kier alpha value is -3.16. The lowest BCUT2D eigenvalue weighted by Gasteiger charge is -2.17. The predicted molar refractivity (Wildman–Crippen MR) is 132 cm³/mol. The Morgan fingerprint density at radius 1 is 0.939 bits per heavy atom. The maximum absolute atomic E-state index is 9.00. The SMILES string of the molecule is COc1cccc(CSc2nc3cc(OC)c(OC)cc3c(=N)n2Cc2ccccc2Cl)c1. The highest BCUT2D eigenvalue weighted by Gasteiger charge is 2.15. The van der Waals surface area contributed by atoms with E-state index in [2.05, 4.69) is 0 Å². The van der Waals surface area contributed by atoms with Crippen molar-refractivity contribution in [3.8, 4) is 17.2 Å². The van der Waals surface area contributed by atoms with E-state index in [1.807, 2.05) is 59.2 Å². The number of ether oxygens (including phenoxy) is 3. The summed E-state index contributed by atoms with van der Waals surface area (Å²) >= 11 is 8.00. The first-order valence-electron chi connectivity index (χ1n) is 10.2. The molecule has 0 fully saturated rings. The van der Waals surface area contributed by atoms with Gasteiger partial charge in [0.25, 0.3) is 0 Å². The monoisotopic (exact) mass is 481 g/mol. The second-order valence-corrected chi connectivity index (χ2v) is 8.63. The summed E-state index contributed by atoms with van der Waals surface area (Å²) in [5.74, 6) is 2.61. The summed E-state index contributed by atoms with van der Waals surface area (Å²) in [7, 11) is 4.82. The van der Waals surface area contributed by atoms with Crippen molar-refractivity contribution in [2.24, 2.45) is 0 Å². The van der Waals surface area contributed by atoms with Crippen LogP contribution in [-0.4, -0.2) is 30.9 Å². The summed E-state index contributed by atoms with van der Waals surface area (Å²) in [6.45, 7) is 0.427. The number of benzene rings is 3. The summed E-state index contributed by atoms with van der Waals surface area (Å²) < 4.78 is 18.1. The molecule has 4 rings (SSSR count). The molecule has 4 aromatic rings. The van der Waals surface area contributed by atoms with Crippen LogP contribution < -0.4 is 19.7 Å². The van der Waals surface area contributed by atoms with Gasteiger partial charge in [-0.15, -0.1) is 0 Å². The fourth-order valence-electron chi connectivity index (χ4n) is 3.52. The molecule has 1 aromatic heterocycles. The number of hydrogen-bond donors (Lipinski definition) is 1. The number of thioether (sulfide) groups is 1. The van der Waals surface area contributed by atoms with E-state index < -0.39 is 0 Å². The Balaban J connectivity index is 1.82. The Labute approximate surface area is 201 Å². The maximum atomic E-state index is 9.00. The molecular weight excluding hydrogens is 458 g/mol. The molecule has 0 bridgehead atoms. The second kappa shape index (κ2) is 10.2. The van der Waals surface area contributed by atoms with E-state index in [0.717, 1.165) is 16.9 Å². The Bertz CT molecular complexity index is 1360. The molecule has 1 N–H and O–H groups in total. The van der Waals surface area contributed by atoms with E-state index in [1.165, 1.54) is 0 Å². The summed E-state index contributed by atoms with van der Waals surface area (Å²) in [5.41, 5.74) is 3.02. The minimum Gasteiger partial charge on any atom is -0.497 e. The quantitative estimate of drug-likeness (QED) is 0.264. The highest BCUT2D eigenvalue weighted by Crippen LogP contribution is 2.32. The lowest BCUT2D eigenvalue weighted by Crippen LogP contribution is -2.24. The molecule has 170 valence electrons. The molecule has 8 heteroatoms. The second-order valence-electron chi connectivity index (χ2n) is 7.29. The molecule has 6 nitrogen and oxygen atoms in total. The molecule has 0 radical (unpaired) electrons. The van der Waals surface area contributed by atoms with Crippen LogP contribution in [0.5, 0.6) is 17.2 Å². The van der Waals surface area contributed by atoms with Gasteiger partial charge in [-0.3, -0.25) is 5.41 Å². The van der Waals surface area contributed by atoms with Crippen LogP contribution in [0.2, 0.25) is 5.02 Å². The van der Waals surface area contributed by atoms with Crippen LogP contribution >= 0.6 is 23.4 Å². The largest absolute Gasteiger partial charge is 0.497 e. The molecule has 33 heavy (non-hydrogen) atoms. The van der Waals surface area contributed by atoms with Gasteiger partial charge >= 0.3 is 0 Å². The summed E-state index contributed by atoms with van der Waals surface area (Å²) in [5, 5.41) is 11.0. The van der Waals surface area contributed by atoms with Gasteiger partial charge in [0.05, 0.1) is 33.4 Å². The average Bonchev–Trinajstić information content (AvgIpc) is 2.85. The number of nitrogens with one attached hydrogen (secondary N) is 1. The molecule has 0 saturated heterocycles. The van der Waals surface area contributed by atoms with Crippen molar-refractivity contribution in [1.82, 2.24) is 9.55 Å². The number of rotatable bonds is 8. The Morgan fingerprint density at radius 3 is 2.42 bits per heavy atom. The van der Waals surface area contributed by atoms with Crippen LogP contribution in [0.25, 0.3) is 10.9 Å². The molecule has 0 aliphatic heterocycles. The smallest absolute Gasteiger partial charge is 0.170 e. The van der Waals surface area contributed by atoms with Crippen molar-refractivity contribution in [1.29, 1.82) is 5.41 Å². The number of halogens is 1. The minimum atomic E-state index is 0.328. The molecule has 0 unspecified atom stereocenters.